The Morgan fingerprint density at radius 1 is 1.38 bits per heavy atom. The van der Waals surface area contributed by atoms with Crippen molar-refractivity contribution in [3.8, 4) is 16.5 Å². The fourth-order valence-electron chi connectivity index (χ4n) is 1.28. The van der Waals surface area contributed by atoms with Gasteiger partial charge in [0.15, 0.2) is 0 Å². The molecule has 0 amide bonds. The second-order valence-electron chi connectivity index (χ2n) is 3.14. The van der Waals surface area contributed by atoms with E-state index < -0.39 is 0 Å². The van der Waals surface area contributed by atoms with Crippen LogP contribution in [0.4, 0.5) is 10.1 Å². The molecular weight excluding hydrogens is 291 g/mol. The maximum absolute atomic E-state index is 13.3. The molecule has 0 unspecified atom stereocenters. The second kappa shape index (κ2) is 4.24. The van der Waals surface area contributed by atoms with Crippen molar-refractivity contribution in [1.29, 1.82) is 5.26 Å². The molecule has 0 fully saturated rings. The number of hydrogen-bond acceptors (Lipinski definition) is 3. The Balaban J connectivity index is 2.51. The first-order chi connectivity index (χ1) is 7.61. The molecule has 0 bridgehead atoms. The summed E-state index contributed by atoms with van der Waals surface area (Å²) in [6, 6.07) is 8.51. The van der Waals surface area contributed by atoms with Gasteiger partial charge in [-0.3, -0.25) is 0 Å². The van der Waals surface area contributed by atoms with E-state index in [1.54, 1.807) is 18.2 Å². The minimum Gasteiger partial charge on any atom is -0.397 e. The van der Waals surface area contributed by atoms with Crippen LogP contribution in [0.5, 0.6) is 0 Å². The van der Waals surface area contributed by atoms with Crippen molar-refractivity contribution < 1.29 is 4.39 Å². The van der Waals surface area contributed by atoms with E-state index in [2.05, 4.69) is 15.9 Å². The van der Waals surface area contributed by atoms with Crippen molar-refractivity contribution in [2.45, 2.75) is 0 Å². The van der Waals surface area contributed by atoms with E-state index in [1.165, 1.54) is 17.4 Å². The van der Waals surface area contributed by atoms with Gasteiger partial charge >= 0.3 is 0 Å². The van der Waals surface area contributed by atoms with E-state index in [0.717, 1.165) is 10.4 Å². The molecule has 5 heteroatoms. The van der Waals surface area contributed by atoms with Crippen LogP contribution < -0.4 is 5.73 Å². The van der Waals surface area contributed by atoms with E-state index in [-0.39, 0.29) is 5.82 Å². The lowest BCUT2D eigenvalue weighted by atomic mass is 10.2. The third-order valence-electron chi connectivity index (χ3n) is 2.07. The van der Waals surface area contributed by atoms with Crippen LogP contribution in [0, 0.1) is 17.1 Å². The van der Waals surface area contributed by atoms with E-state index in [4.69, 9.17) is 11.0 Å². The highest BCUT2D eigenvalue weighted by Crippen LogP contribution is 2.33. The molecule has 0 spiro atoms. The fourth-order valence-corrected chi connectivity index (χ4v) is 2.40. The third kappa shape index (κ3) is 1.94. The van der Waals surface area contributed by atoms with E-state index in [9.17, 15) is 4.39 Å². The normalized spacial score (nSPS) is 10.1. The van der Waals surface area contributed by atoms with Crippen LogP contribution in [0.1, 0.15) is 4.88 Å². The van der Waals surface area contributed by atoms with Gasteiger partial charge in [0.05, 0.1) is 10.2 Å². The maximum Gasteiger partial charge on any atom is 0.138 e. The predicted molar refractivity (Wildman–Crippen MR) is 66.5 cm³/mol. The molecule has 1 aromatic carbocycles. The van der Waals surface area contributed by atoms with Crippen LogP contribution in [0.15, 0.2) is 28.7 Å². The first-order valence-corrected chi connectivity index (χ1v) is 5.97. The summed E-state index contributed by atoms with van der Waals surface area (Å²) < 4.78 is 13.7. The zero-order valence-corrected chi connectivity index (χ0v) is 10.4. The van der Waals surface area contributed by atoms with Crippen LogP contribution in [0.2, 0.25) is 0 Å². The summed E-state index contributed by atoms with van der Waals surface area (Å²) >= 11 is 4.35. The Kier molecular flexibility index (Phi) is 2.95. The SMILES string of the molecule is N#Cc1sc(-c2ccc(Br)c(F)c2)cc1N. The lowest BCUT2D eigenvalue weighted by molar-refractivity contribution is 0.622. The van der Waals surface area contributed by atoms with Crippen LogP contribution in [-0.4, -0.2) is 0 Å². The summed E-state index contributed by atoms with van der Waals surface area (Å²) in [6.07, 6.45) is 0. The standard InChI is InChI=1S/C11H6BrFN2S/c12-7-2-1-6(3-8(7)13)10-4-9(15)11(5-14)16-10/h1-4H,15H2. The molecule has 1 heterocycles. The largest absolute Gasteiger partial charge is 0.397 e. The number of hydrogen-bond donors (Lipinski definition) is 1. The second-order valence-corrected chi connectivity index (χ2v) is 5.04. The van der Waals surface area contributed by atoms with Crippen molar-refractivity contribution in [3.05, 3.63) is 39.4 Å². The van der Waals surface area contributed by atoms with Gasteiger partial charge in [0.2, 0.25) is 0 Å². The van der Waals surface area contributed by atoms with Crippen molar-refractivity contribution in [1.82, 2.24) is 0 Å². The summed E-state index contributed by atoms with van der Waals surface area (Å²) in [5.41, 5.74) is 6.80. The first kappa shape index (κ1) is 11.1. The molecule has 2 rings (SSSR count). The summed E-state index contributed by atoms with van der Waals surface area (Å²) in [6.45, 7) is 0. The summed E-state index contributed by atoms with van der Waals surface area (Å²) in [4.78, 5) is 1.25. The lowest BCUT2D eigenvalue weighted by Gasteiger charge is -1.98. The summed E-state index contributed by atoms with van der Waals surface area (Å²) in [5, 5.41) is 8.78. The van der Waals surface area contributed by atoms with Gasteiger partial charge in [0.1, 0.15) is 16.8 Å². The molecule has 0 saturated heterocycles. The number of nitrogen functional groups attached to an aromatic ring is 1. The molecular formula is C11H6BrFN2S. The minimum absolute atomic E-state index is 0.331. The molecule has 0 saturated carbocycles. The molecule has 2 aromatic rings. The number of anilines is 1. The molecule has 16 heavy (non-hydrogen) atoms. The van der Waals surface area contributed by atoms with Gasteiger partial charge in [-0.15, -0.1) is 11.3 Å². The molecule has 0 atom stereocenters. The van der Waals surface area contributed by atoms with Crippen molar-refractivity contribution in [3.63, 3.8) is 0 Å². The number of halogens is 2. The van der Waals surface area contributed by atoms with Gasteiger partial charge in [-0.05, 0) is 39.7 Å². The lowest BCUT2D eigenvalue weighted by Crippen LogP contribution is -1.82. The van der Waals surface area contributed by atoms with Crippen molar-refractivity contribution >= 4 is 33.0 Å². The fraction of sp³-hybridized carbons (Fsp3) is 0. The van der Waals surface area contributed by atoms with Gasteiger partial charge in [-0.25, -0.2) is 4.39 Å². The molecule has 80 valence electrons. The average Bonchev–Trinajstić information content (AvgIpc) is 2.64. The quantitative estimate of drug-likeness (QED) is 0.871. The van der Waals surface area contributed by atoms with Crippen molar-refractivity contribution in [2.24, 2.45) is 0 Å². The number of nitriles is 1. The first-order valence-electron chi connectivity index (χ1n) is 4.36. The Morgan fingerprint density at radius 3 is 2.69 bits per heavy atom. The Labute approximate surface area is 104 Å². The monoisotopic (exact) mass is 296 g/mol. The summed E-state index contributed by atoms with van der Waals surface area (Å²) in [7, 11) is 0. The highest BCUT2D eigenvalue weighted by Gasteiger charge is 2.09. The van der Waals surface area contributed by atoms with Gasteiger partial charge in [0.25, 0.3) is 0 Å². The minimum atomic E-state index is -0.331. The maximum atomic E-state index is 13.3. The molecule has 0 aliphatic heterocycles. The number of nitrogens with two attached hydrogens (primary N) is 1. The molecule has 2 N–H and O–H groups in total. The number of benzene rings is 1. The zero-order valence-electron chi connectivity index (χ0n) is 8.00. The van der Waals surface area contributed by atoms with Crippen LogP contribution in [0.25, 0.3) is 10.4 Å². The van der Waals surface area contributed by atoms with E-state index in [1.807, 2.05) is 6.07 Å². The van der Waals surface area contributed by atoms with Gasteiger partial charge < -0.3 is 5.73 Å². The van der Waals surface area contributed by atoms with Crippen LogP contribution in [-0.2, 0) is 0 Å². The van der Waals surface area contributed by atoms with Crippen LogP contribution >= 0.6 is 27.3 Å². The molecule has 1 aromatic heterocycles. The van der Waals surface area contributed by atoms with Crippen LogP contribution in [0.3, 0.4) is 0 Å². The summed E-state index contributed by atoms with van der Waals surface area (Å²) in [5.74, 6) is -0.331. The van der Waals surface area contributed by atoms with Crippen molar-refractivity contribution in [2.75, 3.05) is 5.73 Å². The molecule has 0 aliphatic carbocycles. The Morgan fingerprint density at radius 2 is 2.12 bits per heavy atom. The number of nitrogens with zero attached hydrogens (tertiary/aromatic N) is 1. The Bertz CT molecular complexity index is 586. The number of thiophene rings is 1. The molecule has 0 radical (unpaired) electrons. The smallest absolute Gasteiger partial charge is 0.138 e. The van der Waals surface area contributed by atoms with Gasteiger partial charge in [-0.2, -0.15) is 5.26 Å². The predicted octanol–water partition coefficient (Wildman–Crippen LogP) is 3.77. The van der Waals surface area contributed by atoms with E-state index in [0.29, 0.717) is 15.0 Å². The topological polar surface area (TPSA) is 49.8 Å². The third-order valence-corrected chi connectivity index (χ3v) is 3.81. The molecule has 2 nitrogen and oxygen atoms in total. The number of rotatable bonds is 1. The Hall–Kier alpha value is -1.38. The molecule has 0 aliphatic rings. The van der Waals surface area contributed by atoms with E-state index >= 15 is 0 Å². The van der Waals surface area contributed by atoms with Gasteiger partial charge in [0, 0.05) is 4.88 Å². The zero-order chi connectivity index (χ0) is 11.7. The highest BCUT2D eigenvalue weighted by atomic mass is 79.9. The highest BCUT2D eigenvalue weighted by molar-refractivity contribution is 9.10. The average molecular weight is 297 g/mol. The van der Waals surface area contributed by atoms with Gasteiger partial charge in [-0.1, -0.05) is 6.07 Å².